The summed E-state index contributed by atoms with van der Waals surface area (Å²) in [6.07, 6.45) is 5.60. The Morgan fingerprint density at radius 2 is 1.84 bits per heavy atom. The van der Waals surface area contributed by atoms with Crippen LogP contribution in [-0.2, 0) is 17.6 Å². The maximum atomic E-state index is 13.9. The first kappa shape index (κ1) is 23.2. The largest absolute Gasteiger partial charge is 0.366 e. The fourth-order valence-electron chi connectivity index (χ4n) is 3.72. The standard InChI is InChI=1S/C23H28ClFN4O2/c24-20-6-4-7-21(25)19(20)15-22(30)29-13-11-28(12-14-29)10-3-1-2-5-18-9-8-17(16-27-18)23(26)31/h4,6-9,16H,1-3,5,10-15H2,(H2,26,31). The van der Waals surface area contributed by atoms with Crippen LogP contribution >= 0.6 is 11.6 Å². The maximum Gasteiger partial charge on any atom is 0.250 e. The number of aromatic nitrogens is 1. The van der Waals surface area contributed by atoms with Crippen LogP contribution in [0.15, 0.2) is 36.5 Å². The number of halogens is 2. The molecule has 2 heterocycles. The van der Waals surface area contributed by atoms with E-state index in [-0.39, 0.29) is 17.9 Å². The third-order valence-electron chi connectivity index (χ3n) is 5.63. The zero-order chi connectivity index (χ0) is 22.2. The molecule has 2 N–H and O–H groups in total. The lowest BCUT2D eigenvalue weighted by atomic mass is 10.1. The molecule has 8 heteroatoms. The van der Waals surface area contributed by atoms with Crippen molar-refractivity contribution in [3.8, 4) is 0 Å². The van der Waals surface area contributed by atoms with Gasteiger partial charge in [-0.2, -0.15) is 0 Å². The van der Waals surface area contributed by atoms with Crippen molar-refractivity contribution >= 4 is 23.4 Å². The number of hydrogen-bond acceptors (Lipinski definition) is 4. The highest BCUT2D eigenvalue weighted by molar-refractivity contribution is 6.31. The second kappa shape index (κ2) is 11.2. The number of rotatable bonds is 9. The average Bonchev–Trinajstić information content (AvgIpc) is 2.77. The van der Waals surface area contributed by atoms with E-state index < -0.39 is 11.7 Å². The first-order valence-corrected chi connectivity index (χ1v) is 11.0. The lowest BCUT2D eigenvalue weighted by molar-refractivity contribution is -0.132. The molecule has 0 unspecified atom stereocenters. The van der Waals surface area contributed by atoms with Crippen molar-refractivity contribution in [3.63, 3.8) is 0 Å². The van der Waals surface area contributed by atoms with E-state index in [4.69, 9.17) is 17.3 Å². The molecule has 0 saturated carbocycles. The molecule has 2 amide bonds. The van der Waals surface area contributed by atoms with Crippen molar-refractivity contribution in [3.05, 3.63) is 64.2 Å². The van der Waals surface area contributed by atoms with Gasteiger partial charge in [0, 0.05) is 48.7 Å². The number of unbranched alkanes of at least 4 members (excludes halogenated alkanes) is 2. The predicted octanol–water partition coefficient (Wildman–Crippen LogP) is 3.07. The Morgan fingerprint density at radius 1 is 1.06 bits per heavy atom. The maximum absolute atomic E-state index is 13.9. The molecule has 0 aliphatic carbocycles. The fraction of sp³-hybridized carbons (Fsp3) is 0.435. The molecule has 1 saturated heterocycles. The third-order valence-corrected chi connectivity index (χ3v) is 5.99. The summed E-state index contributed by atoms with van der Waals surface area (Å²) in [7, 11) is 0. The molecule has 0 bridgehead atoms. The first-order chi connectivity index (χ1) is 14.9. The number of carbonyl (C=O) groups is 2. The monoisotopic (exact) mass is 446 g/mol. The third kappa shape index (κ3) is 6.74. The van der Waals surface area contributed by atoms with Crippen molar-refractivity contribution < 1.29 is 14.0 Å². The number of nitrogens with two attached hydrogens (primary N) is 1. The molecular formula is C23H28ClFN4O2. The van der Waals surface area contributed by atoms with Crippen LogP contribution in [0.1, 0.15) is 40.9 Å². The van der Waals surface area contributed by atoms with Gasteiger partial charge < -0.3 is 10.6 Å². The molecule has 3 rings (SSSR count). The first-order valence-electron chi connectivity index (χ1n) is 10.6. The van der Waals surface area contributed by atoms with Crippen molar-refractivity contribution in [2.75, 3.05) is 32.7 Å². The second-order valence-corrected chi connectivity index (χ2v) is 8.22. The number of benzene rings is 1. The van der Waals surface area contributed by atoms with Gasteiger partial charge in [-0.1, -0.05) is 24.1 Å². The van der Waals surface area contributed by atoms with Crippen LogP contribution in [0.3, 0.4) is 0 Å². The minimum atomic E-state index is -0.461. The van der Waals surface area contributed by atoms with Gasteiger partial charge in [0.1, 0.15) is 5.82 Å². The highest BCUT2D eigenvalue weighted by Gasteiger charge is 2.22. The van der Waals surface area contributed by atoms with E-state index >= 15 is 0 Å². The van der Waals surface area contributed by atoms with Crippen molar-refractivity contribution in [1.29, 1.82) is 0 Å². The van der Waals surface area contributed by atoms with Crippen LogP contribution in [0, 0.1) is 5.82 Å². The van der Waals surface area contributed by atoms with Gasteiger partial charge >= 0.3 is 0 Å². The van der Waals surface area contributed by atoms with Crippen LogP contribution in [0.5, 0.6) is 0 Å². The molecular weight excluding hydrogens is 419 g/mol. The van der Waals surface area contributed by atoms with E-state index in [9.17, 15) is 14.0 Å². The van der Waals surface area contributed by atoms with Crippen molar-refractivity contribution in [1.82, 2.24) is 14.8 Å². The Balaban J connectivity index is 1.32. The van der Waals surface area contributed by atoms with Gasteiger partial charge in [0.05, 0.1) is 12.0 Å². The molecule has 0 atom stereocenters. The summed E-state index contributed by atoms with van der Waals surface area (Å²) >= 11 is 6.04. The molecule has 166 valence electrons. The summed E-state index contributed by atoms with van der Waals surface area (Å²) in [4.78, 5) is 32.0. The smallest absolute Gasteiger partial charge is 0.250 e. The lowest BCUT2D eigenvalue weighted by Crippen LogP contribution is -2.49. The van der Waals surface area contributed by atoms with Gasteiger partial charge in [0.15, 0.2) is 0 Å². The Kier molecular flexibility index (Phi) is 8.37. The van der Waals surface area contributed by atoms with Crippen LogP contribution in [-0.4, -0.2) is 59.3 Å². The van der Waals surface area contributed by atoms with Gasteiger partial charge in [0.2, 0.25) is 11.8 Å². The second-order valence-electron chi connectivity index (χ2n) is 7.81. The molecule has 1 aromatic carbocycles. The van der Waals surface area contributed by atoms with Gasteiger partial charge in [-0.05, 0) is 50.1 Å². The minimum Gasteiger partial charge on any atom is -0.366 e. The molecule has 0 radical (unpaired) electrons. The van der Waals surface area contributed by atoms with Crippen LogP contribution < -0.4 is 5.73 Å². The summed E-state index contributed by atoms with van der Waals surface area (Å²) in [5.74, 6) is -0.975. The highest BCUT2D eigenvalue weighted by Crippen LogP contribution is 2.20. The van der Waals surface area contributed by atoms with E-state index in [1.54, 1.807) is 23.1 Å². The topological polar surface area (TPSA) is 79.5 Å². The Bertz CT molecular complexity index is 879. The van der Waals surface area contributed by atoms with Crippen LogP contribution in [0.25, 0.3) is 0 Å². The average molecular weight is 447 g/mol. The summed E-state index contributed by atoms with van der Waals surface area (Å²) in [6, 6.07) is 8.05. The fourth-order valence-corrected chi connectivity index (χ4v) is 3.95. The lowest BCUT2D eigenvalue weighted by Gasteiger charge is -2.35. The number of primary amides is 1. The van der Waals surface area contributed by atoms with Crippen molar-refractivity contribution in [2.24, 2.45) is 5.73 Å². The van der Waals surface area contributed by atoms with E-state index in [0.717, 1.165) is 51.0 Å². The Hall–Kier alpha value is -2.51. The Labute approximate surface area is 187 Å². The van der Waals surface area contributed by atoms with Crippen LogP contribution in [0.4, 0.5) is 4.39 Å². The molecule has 1 aliphatic rings. The van der Waals surface area contributed by atoms with E-state index in [2.05, 4.69) is 9.88 Å². The number of hydrogen-bond donors (Lipinski definition) is 1. The zero-order valence-electron chi connectivity index (χ0n) is 17.5. The SMILES string of the molecule is NC(=O)c1ccc(CCCCCN2CCN(C(=O)Cc3c(F)cccc3Cl)CC2)nc1. The molecule has 2 aromatic rings. The highest BCUT2D eigenvalue weighted by atomic mass is 35.5. The van der Waals surface area contributed by atoms with Gasteiger partial charge in [-0.25, -0.2) is 4.39 Å². The summed E-state index contributed by atoms with van der Waals surface area (Å²) in [5.41, 5.74) is 6.89. The predicted molar refractivity (Wildman–Crippen MR) is 118 cm³/mol. The van der Waals surface area contributed by atoms with E-state index in [1.165, 1.54) is 12.3 Å². The number of nitrogens with zero attached hydrogens (tertiary/aromatic N) is 3. The van der Waals surface area contributed by atoms with Crippen LogP contribution in [0.2, 0.25) is 5.02 Å². The van der Waals surface area contributed by atoms with Gasteiger partial charge in [-0.3, -0.25) is 19.5 Å². The number of aryl methyl sites for hydroxylation is 1. The quantitative estimate of drug-likeness (QED) is 0.600. The molecule has 1 fully saturated rings. The van der Waals surface area contributed by atoms with E-state index in [1.807, 2.05) is 6.07 Å². The van der Waals surface area contributed by atoms with Gasteiger partial charge in [-0.15, -0.1) is 0 Å². The number of piperazine rings is 1. The molecule has 1 aliphatic heterocycles. The van der Waals surface area contributed by atoms with E-state index in [0.29, 0.717) is 23.7 Å². The molecule has 6 nitrogen and oxygen atoms in total. The summed E-state index contributed by atoms with van der Waals surface area (Å²) in [6.45, 7) is 3.96. The summed E-state index contributed by atoms with van der Waals surface area (Å²) < 4.78 is 13.9. The zero-order valence-corrected chi connectivity index (χ0v) is 18.3. The normalized spacial score (nSPS) is 14.6. The number of amides is 2. The number of pyridine rings is 1. The minimum absolute atomic E-state index is 0.0000376. The Morgan fingerprint density at radius 3 is 2.48 bits per heavy atom. The van der Waals surface area contributed by atoms with Crippen molar-refractivity contribution in [2.45, 2.75) is 32.1 Å². The number of carbonyl (C=O) groups excluding carboxylic acids is 2. The molecule has 1 aromatic heterocycles. The molecule has 31 heavy (non-hydrogen) atoms. The summed E-state index contributed by atoms with van der Waals surface area (Å²) in [5, 5.41) is 0.297. The van der Waals surface area contributed by atoms with Gasteiger partial charge in [0.25, 0.3) is 0 Å². The molecule has 0 spiro atoms.